The molecule has 4 rings (SSSR count). The summed E-state index contributed by atoms with van der Waals surface area (Å²) in [6.45, 7) is 4.91. The molecule has 1 saturated heterocycles. The molecule has 2 heterocycles. The van der Waals surface area contributed by atoms with E-state index in [4.69, 9.17) is 0 Å². The van der Waals surface area contributed by atoms with E-state index in [0.717, 1.165) is 18.5 Å². The summed E-state index contributed by atoms with van der Waals surface area (Å²) in [5.41, 5.74) is 5.21. The Hall–Kier alpha value is -1.02. The number of nitrogens with zero attached hydrogens (tertiary/aromatic N) is 1. The van der Waals surface area contributed by atoms with Crippen LogP contribution in [-0.4, -0.2) is 24.5 Å². The van der Waals surface area contributed by atoms with E-state index in [0.29, 0.717) is 0 Å². The van der Waals surface area contributed by atoms with Crippen molar-refractivity contribution in [1.82, 2.24) is 4.90 Å². The fourth-order valence-corrected chi connectivity index (χ4v) is 3.81. The van der Waals surface area contributed by atoms with Gasteiger partial charge >= 0.3 is 0 Å². The molecule has 1 spiro atoms. The van der Waals surface area contributed by atoms with Crippen molar-refractivity contribution >= 4 is 5.69 Å². The van der Waals surface area contributed by atoms with Crippen LogP contribution in [0.4, 0.5) is 5.69 Å². The van der Waals surface area contributed by atoms with Gasteiger partial charge in [-0.1, -0.05) is 18.2 Å². The van der Waals surface area contributed by atoms with Gasteiger partial charge in [0.25, 0.3) is 0 Å². The average Bonchev–Trinajstić information content (AvgIpc) is 2.93. The van der Waals surface area contributed by atoms with E-state index in [2.05, 4.69) is 28.4 Å². The van der Waals surface area contributed by atoms with Gasteiger partial charge in [0.05, 0.1) is 0 Å². The number of benzene rings is 1. The van der Waals surface area contributed by atoms with Crippen LogP contribution in [0.25, 0.3) is 0 Å². The first-order valence-electron chi connectivity index (χ1n) is 7.42. The SMILES string of the molecule is c1cc2c(c(CN3CCCC4(CC4)C3)c1)NCC2. The van der Waals surface area contributed by atoms with Gasteiger partial charge in [-0.25, -0.2) is 0 Å². The van der Waals surface area contributed by atoms with E-state index in [9.17, 15) is 0 Å². The Labute approximate surface area is 109 Å². The second-order valence-corrected chi connectivity index (χ2v) is 6.44. The number of anilines is 1. The fourth-order valence-electron chi connectivity index (χ4n) is 3.81. The van der Waals surface area contributed by atoms with Gasteiger partial charge in [0.15, 0.2) is 0 Å². The molecule has 0 radical (unpaired) electrons. The van der Waals surface area contributed by atoms with Crippen LogP contribution in [-0.2, 0) is 13.0 Å². The molecule has 1 saturated carbocycles. The highest BCUT2D eigenvalue weighted by molar-refractivity contribution is 5.61. The number of rotatable bonds is 2. The second kappa shape index (κ2) is 3.99. The van der Waals surface area contributed by atoms with Gasteiger partial charge in [-0.15, -0.1) is 0 Å². The van der Waals surface area contributed by atoms with Gasteiger partial charge in [-0.2, -0.15) is 0 Å². The van der Waals surface area contributed by atoms with Crippen LogP contribution >= 0.6 is 0 Å². The lowest BCUT2D eigenvalue weighted by Gasteiger charge is -2.33. The second-order valence-electron chi connectivity index (χ2n) is 6.44. The van der Waals surface area contributed by atoms with Gasteiger partial charge in [0, 0.05) is 25.3 Å². The van der Waals surface area contributed by atoms with E-state index in [1.807, 2.05) is 0 Å². The van der Waals surface area contributed by atoms with Crippen LogP contribution in [0.5, 0.6) is 0 Å². The molecule has 0 unspecified atom stereocenters. The Morgan fingerprint density at radius 2 is 2.17 bits per heavy atom. The number of hydrogen-bond donors (Lipinski definition) is 1. The molecule has 0 atom stereocenters. The fraction of sp³-hybridized carbons (Fsp3) is 0.625. The summed E-state index contributed by atoms with van der Waals surface area (Å²) in [5, 5.41) is 3.57. The van der Waals surface area contributed by atoms with Gasteiger partial charge < -0.3 is 5.32 Å². The Kier molecular flexibility index (Phi) is 2.41. The van der Waals surface area contributed by atoms with Gasteiger partial charge in [-0.05, 0) is 55.2 Å². The Morgan fingerprint density at radius 1 is 1.22 bits per heavy atom. The minimum absolute atomic E-state index is 0.740. The first kappa shape index (κ1) is 10.9. The van der Waals surface area contributed by atoms with Crippen molar-refractivity contribution in [2.45, 2.75) is 38.6 Å². The lowest BCUT2D eigenvalue weighted by atomic mass is 9.94. The lowest BCUT2D eigenvalue weighted by Crippen LogP contribution is -2.36. The summed E-state index contributed by atoms with van der Waals surface area (Å²) in [5.74, 6) is 0. The van der Waals surface area contributed by atoms with E-state index in [1.165, 1.54) is 62.0 Å². The molecule has 0 aromatic heterocycles. The maximum Gasteiger partial charge on any atom is 0.0419 e. The van der Waals surface area contributed by atoms with Crippen molar-refractivity contribution in [3.05, 3.63) is 29.3 Å². The van der Waals surface area contributed by atoms with Crippen LogP contribution < -0.4 is 5.32 Å². The molecule has 1 aromatic carbocycles. The van der Waals surface area contributed by atoms with Crippen LogP contribution in [0.1, 0.15) is 36.8 Å². The molecular weight excluding hydrogens is 220 g/mol. The zero-order valence-corrected chi connectivity index (χ0v) is 11.0. The molecule has 3 aliphatic rings. The summed E-state index contributed by atoms with van der Waals surface area (Å²) in [7, 11) is 0. The minimum atomic E-state index is 0.740. The lowest BCUT2D eigenvalue weighted by molar-refractivity contribution is 0.154. The molecule has 2 fully saturated rings. The van der Waals surface area contributed by atoms with Crippen molar-refractivity contribution in [2.24, 2.45) is 5.41 Å². The summed E-state index contributed by atoms with van der Waals surface area (Å²) < 4.78 is 0. The number of para-hydroxylation sites is 1. The first-order chi connectivity index (χ1) is 8.85. The van der Waals surface area contributed by atoms with Crippen molar-refractivity contribution in [2.75, 3.05) is 25.0 Å². The van der Waals surface area contributed by atoms with Gasteiger partial charge in [0.2, 0.25) is 0 Å². The smallest absolute Gasteiger partial charge is 0.0419 e. The quantitative estimate of drug-likeness (QED) is 0.857. The molecule has 96 valence electrons. The number of fused-ring (bicyclic) bond motifs is 1. The zero-order valence-electron chi connectivity index (χ0n) is 11.0. The Morgan fingerprint density at radius 3 is 3.06 bits per heavy atom. The van der Waals surface area contributed by atoms with Crippen molar-refractivity contribution < 1.29 is 0 Å². The highest BCUT2D eigenvalue weighted by Gasteiger charge is 2.45. The molecule has 2 heteroatoms. The molecule has 18 heavy (non-hydrogen) atoms. The standard InChI is InChI=1S/C16H22N2/c1-3-13-5-9-17-15(13)14(4-1)11-18-10-2-6-16(12-18)7-8-16/h1,3-4,17H,2,5-12H2. The Bertz CT molecular complexity index is 462. The number of nitrogens with one attached hydrogen (secondary N) is 1. The van der Waals surface area contributed by atoms with Crippen LogP contribution in [0.3, 0.4) is 0 Å². The number of likely N-dealkylation sites (tertiary alicyclic amines) is 1. The minimum Gasteiger partial charge on any atom is -0.384 e. The summed E-state index contributed by atoms with van der Waals surface area (Å²) >= 11 is 0. The van der Waals surface area contributed by atoms with Crippen LogP contribution in [0.15, 0.2) is 18.2 Å². The Balaban J connectivity index is 1.53. The molecule has 0 bridgehead atoms. The molecule has 1 N–H and O–H groups in total. The van der Waals surface area contributed by atoms with Gasteiger partial charge in [-0.3, -0.25) is 4.90 Å². The van der Waals surface area contributed by atoms with E-state index >= 15 is 0 Å². The largest absolute Gasteiger partial charge is 0.384 e. The van der Waals surface area contributed by atoms with Crippen LogP contribution in [0.2, 0.25) is 0 Å². The first-order valence-corrected chi connectivity index (χ1v) is 7.42. The third-order valence-electron chi connectivity index (χ3n) is 5.02. The average molecular weight is 242 g/mol. The van der Waals surface area contributed by atoms with Crippen LogP contribution in [0, 0.1) is 5.41 Å². The molecule has 2 nitrogen and oxygen atoms in total. The van der Waals surface area contributed by atoms with Crippen molar-refractivity contribution in [1.29, 1.82) is 0 Å². The molecule has 1 aromatic rings. The molecule has 0 amide bonds. The number of hydrogen-bond acceptors (Lipinski definition) is 2. The maximum absolute atomic E-state index is 3.57. The molecule has 2 aliphatic heterocycles. The molecule has 1 aliphatic carbocycles. The van der Waals surface area contributed by atoms with E-state index in [-0.39, 0.29) is 0 Å². The van der Waals surface area contributed by atoms with Crippen molar-refractivity contribution in [3.8, 4) is 0 Å². The third kappa shape index (κ3) is 1.83. The van der Waals surface area contributed by atoms with Gasteiger partial charge in [0.1, 0.15) is 0 Å². The normalized spacial score (nSPS) is 24.9. The third-order valence-corrected chi connectivity index (χ3v) is 5.02. The highest BCUT2D eigenvalue weighted by atomic mass is 15.1. The monoisotopic (exact) mass is 242 g/mol. The predicted molar refractivity (Wildman–Crippen MR) is 74.8 cm³/mol. The predicted octanol–water partition coefficient (Wildman–Crippen LogP) is 3.03. The van der Waals surface area contributed by atoms with E-state index < -0.39 is 0 Å². The maximum atomic E-state index is 3.57. The highest BCUT2D eigenvalue weighted by Crippen LogP contribution is 2.52. The summed E-state index contributed by atoms with van der Waals surface area (Å²) in [4.78, 5) is 2.69. The van der Waals surface area contributed by atoms with Crippen molar-refractivity contribution in [3.63, 3.8) is 0 Å². The number of piperidine rings is 1. The molecular formula is C16H22N2. The summed E-state index contributed by atoms with van der Waals surface area (Å²) in [6, 6.07) is 6.82. The zero-order chi connectivity index (χ0) is 12.0. The summed E-state index contributed by atoms with van der Waals surface area (Å²) in [6.07, 6.45) is 7.05. The van der Waals surface area contributed by atoms with E-state index in [1.54, 1.807) is 0 Å². The topological polar surface area (TPSA) is 15.3 Å².